The first-order valence-electron chi connectivity index (χ1n) is 9.64. The number of hydrogen-bond acceptors (Lipinski definition) is 8. The number of nitrogens with zero attached hydrogens (tertiary/aromatic N) is 2. The lowest BCUT2D eigenvalue weighted by molar-refractivity contribution is -0.113. The fraction of sp³-hybridized carbons (Fsp3) is 0.381. The van der Waals surface area contributed by atoms with Crippen molar-refractivity contribution in [2.75, 3.05) is 31.5 Å². The van der Waals surface area contributed by atoms with E-state index in [9.17, 15) is 4.79 Å². The van der Waals surface area contributed by atoms with Crippen LogP contribution in [0.5, 0.6) is 11.5 Å². The zero-order valence-corrected chi connectivity index (χ0v) is 19.6. The maximum Gasteiger partial charge on any atom is 0.234 e. The first kappa shape index (κ1) is 21.3. The molecular weight excluding hydrogens is 438 g/mol. The topological polar surface area (TPSA) is 73.3 Å². The molecule has 0 fully saturated rings. The molecule has 1 aliphatic carbocycles. The third-order valence-electron chi connectivity index (χ3n) is 4.97. The number of benzene rings is 1. The van der Waals surface area contributed by atoms with Gasteiger partial charge in [-0.05, 0) is 49.6 Å². The van der Waals surface area contributed by atoms with E-state index in [1.807, 2.05) is 6.26 Å². The van der Waals surface area contributed by atoms with Gasteiger partial charge in [-0.25, -0.2) is 9.97 Å². The van der Waals surface area contributed by atoms with Gasteiger partial charge in [0, 0.05) is 16.3 Å². The molecule has 1 aliphatic rings. The van der Waals surface area contributed by atoms with Gasteiger partial charge in [0.15, 0.2) is 5.16 Å². The van der Waals surface area contributed by atoms with Gasteiger partial charge in [0.2, 0.25) is 5.91 Å². The summed E-state index contributed by atoms with van der Waals surface area (Å²) in [4.78, 5) is 24.6. The lowest BCUT2D eigenvalue weighted by Gasteiger charge is -2.13. The summed E-state index contributed by atoms with van der Waals surface area (Å²) in [6.45, 7) is 0. The Kier molecular flexibility index (Phi) is 6.70. The SMILES string of the molecule is COc1ccc(NC(=O)CSc2nc(SC)nc3sc4c(c23)CCCC4)c(OC)c1. The van der Waals surface area contributed by atoms with Gasteiger partial charge in [-0.15, -0.1) is 11.3 Å². The van der Waals surface area contributed by atoms with Crippen molar-refractivity contribution in [3.05, 3.63) is 28.6 Å². The van der Waals surface area contributed by atoms with E-state index in [1.54, 1.807) is 43.8 Å². The highest BCUT2D eigenvalue weighted by Gasteiger charge is 2.22. The van der Waals surface area contributed by atoms with Crippen LogP contribution >= 0.6 is 34.9 Å². The lowest BCUT2D eigenvalue weighted by atomic mass is 9.97. The number of rotatable bonds is 7. The number of aromatic nitrogens is 2. The molecule has 2 aromatic heterocycles. The van der Waals surface area contributed by atoms with Crippen LogP contribution in [0.3, 0.4) is 0 Å². The van der Waals surface area contributed by atoms with Crippen molar-refractivity contribution >= 4 is 56.7 Å². The Morgan fingerprint density at radius 3 is 2.80 bits per heavy atom. The highest BCUT2D eigenvalue weighted by Crippen LogP contribution is 2.40. The molecule has 6 nitrogen and oxygen atoms in total. The molecule has 0 aliphatic heterocycles. The van der Waals surface area contributed by atoms with Gasteiger partial charge in [0.25, 0.3) is 0 Å². The van der Waals surface area contributed by atoms with E-state index in [2.05, 4.69) is 5.32 Å². The van der Waals surface area contributed by atoms with Crippen molar-refractivity contribution in [3.63, 3.8) is 0 Å². The second-order valence-electron chi connectivity index (χ2n) is 6.81. The average Bonchev–Trinajstić information content (AvgIpc) is 3.16. The van der Waals surface area contributed by atoms with Crippen molar-refractivity contribution < 1.29 is 14.3 Å². The molecule has 1 N–H and O–H groups in total. The zero-order chi connectivity index (χ0) is 21.1. The van der Waals surface area contributed by atoms with Crippen molar-refractivity contribution in [1.82, 2.24) is 9.97 Å². The van der Waals surface area contributed by atoms with Crippen LogP contribution in [0, 0.1) is 0 Å². The molecule has 158 valence electrons. The van der Waals surface area contributed by atoms with Crippen LogP contribution in [0.2, 0.25) is 0 Å². The Balaban J connectivity index is 1.55. The highest BCUT2D eigenvalue weighted by atomic mass is 32.2. The quantitative estimate of drug-likeness (QED) is 0.300. The van der Waals surface area contributed by atoms with Crippen LogP contribution in [0.1, 0.15) is 23.3 Å². The van der Waals surface area contributed by atoms with E-state index < -0.39 is 0 Å². The number of amides is 1. The molecule has 4 rings (SSSR count). The van der Waals surface area contributed by atoms with E-state index in [0.717, 1.165) is 33.2 Å². The minimum Gasteiger partial charge on any atom is -0.497 e. The number of thioether (sulfide) groups is 2. The zero-order valence-electron chi connectivity index (χ0n) is 17.1. The van der Waals surface area contributed by atoms with Crippen LogP contribution < -0.4 is 14.8 Å². The van der Waals surface area contributed by atoms with E-state index in [-0.39, 0.29) is 11.7 Å². The lowest BCUT2D eigenvalue weighted by Crippen LogP contribution is -2.15. The Hall–Kier alpha value is -1.97. The van der Waals surface area contributed by atoms with Gasteiger partial charge in [-0.2, -0.15) is 0 Å². The summed E-state index contributed by atoms with van der Waals surface area (Å²) in [7, 11) is 3.17. The smallest absolute Gasteiger partial charge is 0.234 e. The summed E-state index contributed by atoms with van der Waals surface area (Å²) in [5.41, 5.74) is 2.00. The maximum atomic E-state index is 12.7. The van der Waals surface area contributed by atoms with E-state index >= 15 is 0 Å². The fourth-order valence-electron chi connectivity index (χ4n) is 3.52. The van der Waals surface area contributed by atoms with E-state index in [0.29, 0.717) is 17.2 Å². The summed E-state index contributed by atoms with van der Waals surface area (Å²) in [5.74, 6) is 1.40. The van der Waals surface area contributed by atoms with Gasteiger partial charge in [0.1, 0.15) is 21.4 Å². The molecule has 0 bridgehead atoms. The molecule has 30 heavy (non-hydrogen) atoms. The largest absolute Gasteiger partial charge is 0.497 e. The number of fused-ring (bicyclic) bond motifs is 3. The summed E-state index contributed by atoms with van der Waals surface area (Å²) in [5, 5.41) is 5.73. The highest BCUT2D eigenvalue weighted by molar-refractivity contribution is 8.00. The van der Waals surface area contributed by atoms with Crippen molar-refractivity contribution in [1.29, 1.82) is 0 Å². The second-order valence-corrected chi connectivity index (χ2v) is 9.63. The Labute approximate surface area is 188 Å². The molecule has 0 atom stereocenters. The van der Waals surface area contributed by atoms with Gasteiger partial charge in [-0.3, -0.25) is 4.79 Å². The monoisotopic (exact) mass is 461 g/mol. The molecule has 0 radical (unpaired) electrons. The summed E-state index contributed by atoms with van der Waals surface area (Å²) in [6.07, 6.45) is 6.60. The minimum atomic E-state index is -0.106. The van der Waals surface area contributed by atoms with E-state index in [1.165, 1.54) is 46.8 Å². The third-order valence-corrected chi connectivity index (χ3v) is 7.68. The fourth-order valence-corrected chi connectivity index (χ4v) is 6.18. The number of thiophene rings is 1. The molecule has 1 amide bonds. The van der Waals surface area contributed by atoms with Gasteiger partial charge in [0.05, 0.1) is 25.7 Å². The normalized spacial score (nSPS) is 13.2. The van der Waals surface area contributed by atoms with Gasteiger partial charge in [-0.1, -0.05) is 23.5 Å². The minimum absolute atomic E-state index is 0.106. The van der Waals surface area contributed by atoms with Crippen LogP contribution in [0.25, 0.3) is 10.2 Å². The van der Waals surface area contributed by atoms with Crippen molar-refractivity contribution in [2.45, 2.75) is 35.9 Å². The number of ether oxygens (including phenoxy) is 2. The second kappa shape index (κ2) is 9.45. The van der Waals surface area contributed by atoms with E-state index in [4.69, 9.17) is 19.4 Å². The van der Waals surface area contributed by atoms with Crippen LogP contribution in [0.15, 0.2) is 28.4 Å². The maximum absolute atomic E-state index is 12.7. The Morgan fingerprint density at radius 2 is 2.03 bits per heavy atom. The van der Waals surface area contributed by atoms with Crippen molar-refractivity contribution in [3.8, 4) is 11.5 Å². The first-order chi connectivity index (χ1) is 14.6. The Bertz CT molecular complexity index is 1080. The van der Waals surface area contributed by atoms with Crippen LogP contribution in [-0.4, -0.2) is 42.1 Å². The Morgan fingerprint density at radius 1 is 1.20 bits per heavy atom. The molecule has 2 heterocycles. The summed E-state index contributed by atoms with van der Waals surface area (Å²) >= 11 is 4.78. The summed E-state index contributed by atoms with van der Waals surface area (Å²) in [6, 6.07) is 5.32. The number of carbonyl (C=O) groups excluding carboxylic acids is 1. The molecule has 3 aromatic rings. The van der Waals surface area contributed by atoms with Gasteiger partial charge >= 0.3 is 0 Å². The number of nitrogens with one attached hydrogen (secondary N) is 1. The molecule has 0 saturated heterocycles. The first-order valence-corrected chi connectivity index (χ1v) is 12.7. The molecule has 9 heteroatoms. The standard InChI is InChI=1S/C21H23N3O3S3/c1-26-12-8-9-14(15(10-12)27-2)22-17(25)11-29-19-18-13-6-4-5-7-16(13)30-20(18)24-21(23-19)28-3/h8-10H,4-7,11H2,1-3H3,(H,22,25). The molecule has 0 spiro atoms. The summed E-state index contributed by atoms with van der Waals surface area (Å²) < 4.78 is 10.6. The predicted octanol–water partition coefficient (Wildman–Crippen LogP) is 5.04. The molecule has 0 saturated carbocycles. The number of methoxy groups -OCH3 is 2. The molecular formula is C21H23N3O3S3. The number of anilines is 1. The number of carbonyl (C=O) groups is 1. The number of hydrogen-bond donors (Lipinski definition) is 1. The third kappa shape index (κ3) is 4.38. The van der Waals surface area contributed by atoms with Crippen LogP contribution in [-0.2, 0) is 17.6 Å². The number of aryl methyl sites for hydroxylation is 2. The predicted molar refractivity (Wildman–Crippen MR) is 125 cm³/mol. The van der Waals surface area contributed by atoms with Crippen LogP contribution in [0.4, 0.5) is 5.69 Å². The average molecular weight is 462 g/mol. The van der Waals surface area contributed by atoms with Gasteiger partial charge < -0.3 is 14.8 Å². The molecule has 0 unspecified atom stereocenters. The van der Waals surface area contributed by atoms with Crippen molar-refractivity contribution in [2.24, 2.45) is 0 Å². The molecule has 1 aromatic carbocycles.